The fourth-order valence-electron chi connectivity index (χ4n) is 3.49. The van der Waals surface area contributed by atoms with Gasteiger partial charge in [-0.2, -0.15) is 0 Å². The molecular formula is C20H21ClN4O5S. The number of carbonyl (C=O) groups is 2. The third kappa shape index (κ3) is 4.55. The van der Waals surface area contributed by atoms with Crippen molar-refractivity contribution in [1.82, 2.24) is 9.97 Å². The van der Waals surface area contributed by atoms with Crippen molar-refractivity contribution in [1.29, 1.82) is 0 Å². The second-order valence-electron chi connectivity index (χ2n) is 7.14. The van der Waals surface area contributed by atoms with E-state index < -0.39 is 5.97 Å². The van der Waals surface area contributed by atoms with E-state index in [-0.39, 0.29) is 42.3 Å². The third-order valence-corrected chi connectivity index (χ3v) is 6.13. The maximum atomic E-state index is 11.8. The quantitative estimate of drug-likeness (QED) is 0.455. The number of aromatic carboxylic acids is 1. The number of H-pyrrole nitrogens is 1. The van der Waals surface area contributed by atoms with Crippen molar-refractivity contribution in [2.45, 2.75) is 32.2 Å². The van der Waals surface area contributed by atoms with Crippen molar-refractivity contribution < 1.29 is 19.4 Å². The number of nitrogens with two attached hydrogens (primary N) is 1. The number of halogens is 1. The number of hydrogen-bond donors (Lipinski definition) is 4. The van der Waals surface area contributed by atoms with E-state index in [1.807, 2.05) is 25.1 Å². The van der Waals surface area contributed by atoms with Crippen LogP contribution in [0.2, 0.25) is 0 Å². The van der Waals surface area contributed by atoms with Gasteiger partial charge in [0.15, 0.2) is 6.61 Å². The van der Waals surface area contributed by atoms with Gasteiger partial charge in [-0.3, -0.25) is 9.59 Å². The molecule has 3 heterocycles. The number of thiophene rings is 1. The minimum atomic E-state index is -1.20. The van der Waals surface area contributed by atoms with E-state index in [0.717, 1.165) is 30.4 Å². The molecule has 0 spiro atoms. The third-order valence-electron chi connectivity index (χ3n) is 4.94. The van der Waals surface area contributed by atoms with Crippen molar-refractivity contribution in [2.75, 3.05) is 11.9 Å². The van der Waals surface area contributed by atoms with E-state index in [9.17, 15) is 14.4 Å². The van der Waals surface area contributed by atoms with Gasteiger partial charge in [-0.05, 0) is 49.4 Å². The first-order valence-electron chi connectivity index (χ1n) is 9.43. The fourth-order valence-corrected chi connectivity index (χ4v) is 4.75. The normalized spacial score (nSPS) is 14.8. The van der Waals surface area contributed by atoms with Crippen LogP contribution in [0.4, 0.5) is 5.69 Å². The summed E-state index contributed by atoms with van der Waals surface area (Å²) in [6, 6.07) is 5.53. The molecule has 1 amide bonds. The van der Waals surface area contributed by atoms with Crippen molar-refractivity contribution in [3.05, 3.63) is 50.4 Å². The van der Waals surface area contributed by atoms with Gasteiger partial charge in [0, 0.05) is 10.9 Å². The molecule has 2 aliphatic rings. The smallest absolute Gasteiger partial charge is 0.372 e. The molecule has 5 rings (SSSR count). The highest BCUT2D eigenvalue weighted by Gasteiger charge is 2.22. The lowest BCUT2D eigenvalue weighted by Gasteiger charge is -2.19. The number of nitrogens with one attached hydrogen (secondary N) is 2. The highest BCUT2D eigenvalue weighted by atomic mass is 35.5. The second kappa shape index (κ2) is 9.04. The molecule has 1 aliphatic carbocycles. The van der Waals surface area contributed by atoms with Crippen LogP contribution in [0.3, 0.4) is 0 Å². The van der Waals surface area contributed by atoms with Crippen LogP contribution in [0.1, 0.15) is 46.0 Å². The lowest BCUT2D eigenvalue weighted by atomic mass is 10.1. The summed E-state index contributed by atoms with van der Waals surface area (Å²) in [5.74, 6) is -0.904. The van der Waals surface area contributed by atoms with E-state index in [1.54, 1.807) is 0 Å². The van der Waals surface area contributed by atoms with Gasteiger partial charge in [-0.15, -0.1) is 23.7 Å². The Morgan fingerprint density at radius 2 is 2.10 bits per heavy atom. The number of carbonyl (C=O) groups excluding carboxylic acids is 1. The Hall–Kier alpha value is -2.95. The van der Waals surface area contributed by atoms with Gasteiger partial charge < -0.3 is 25.9 Å². The highest BCUT2D eigenvalue weighted by molar-refractivity contribution is 7.18. The number of nitrogens with zero attached hydrogens (tertiary/aromatic N) is 1. The van der Waals surface area contributed by atoms with E-state index in [1.165, 1.54) is 16.2 Å². The Balaban J connectivity index is 0.000000172. The summed E-state index contributed by atoms with van der Waals surface area (Å²) in [7, 11) is 0. The molecule has 5 N–H and O–H groups in total. The van der Waals surface area contributed by atoms with Crippen LogP contribution >= 0.6 is 23.7 Å². The van der Waals surface area contributed by atoms with Crippen molar-refractivity contribution in [2.24, 2.45) is 5.73 Å². The standard InChI is InChI=1S/C10H8N2O3S.C10H12N2O2.ClH/c13-8-6-4-2-1-3-5(4)16-9(6)12-7(11-8)10(14)15;1-6(11)7-2-3-9-8(4-7)12-10(13)5-14-9;/h1-3H2,(H,14,15)(H,11,12,13);2-4,6H,5,11H2,1H3,(H,12,13);1H. The molecule has 164 valence electrons. The van der Waals surface area contributed by atoms with Gasteiger partial charge in [0.25, 0.3) is 11.5 Å². The van der Waals surface area contributed by atoms with Crippen LogP contribution < -0.4 is 21.3 Å². The maximum Gasteiger partial charge on any atom is 0.372 e. The zero-order valence-electron chi connectivity index (χ0n) is 16.6. The molecule has 1 aliphatic heterocycles. The molecule has 1 aromatic carbocycles. The molecule has 9 nitrogen and oxygen atoms in total. The second-order valence-corrected chi connectivity index (χ2v) is 8.22. The van der Waals surface area contributed by atoms with Crippen molar-refractivity contribution in [3.8, 4) is 5.75 Å². The first kappa shape index (κ1) is 22.7. The van der Waals surface area contributed by atoms with Crippen LogP contribution in [0.5, 0.6) is 5.75 Å². The molecule has 1 unspecified atom stereocenters. The predicted octanol–water partition coefficient (Wildman–Crippen LogP) is 2.63. The molecule has 0 saturated carbocycles. The van der Waals surface area contributed by atoms with Gasteiger partial charge in [-0.25, -0.2) is 9.78 Å². The number of aromatic nitrogens is 2. The minimum Gasteiger partial charge on any atom is -0.482 e. The predicted molar refractivity (Wildman–Crippen MR) is 120 cm³/mol. The summed E-state index contributed by atoms with van der Waals surface area (Å²) in [6.45, 7) is 1.98. The number of aromatic amines is 1. The van der Waals surface area contributed by atoms with E-state index >= 15 is 0 Å². The summed E-state index contributed by atoms with van der Waals surface area (Å²) >= 11 is 1.44. The molecule has 0 radical (unpaired) electrons. The Morgan fingerprint density at radius 1 is 1.32 bits per heavy atom. The first-order valence-corrected chi connectivity index (χ1v) is 10.2. The van der Waals surface area contributed by atoms with Gasteiger partial charge in [0.1, 0.15) is 10.6 Å². The Labute approximate surface area is 187 Å². The zero-order chi connectivity index (χ0) is 21.4. The molecule has 0 bridgehead atoms. The van der Waals surface area contributed by atoms with Gasteiger partial charge in [0.2, 0.25) is 5.82 Å². The number of fused-ring (bicyclic) bond motifs is 4. The Morgan fingerprint density at radius 3 is 2.81 bits per heavy atom. The number of amides is 1. The molecule has 0 fully saturated rings. The number of carboxylic acid groups (broad SMARTS) is 1. The van der Waals surface area contributed by atoms with Crippen LogP contribution in [-0.4, -0.2) is 33.6 Å². The largest absolute Gasteiger partial charge is 0.482 e. The lowest BCUT2D eigenvalue weighted by molar-refractivity contribution is -0.118. The van der Waals surface area contributed by atoms with E-state index in [2.05, 4.69) is 15.3 Å². The van der Waals surface area contributed by atoms with E-state index in [0.29, 0.717) is 21.7 Å². The Bertz CT molecular complexity index is 1220. The average molecular weight is 465 g/mol. The molecule has 31 heavy (non-hydrogen) atoms. The van der Waals surface area contributed by atoms with Gasteiger partial charge in [0.05, 0.1) is 11.1 Å². The average Bonchev–Trinajstić information content (AvgIpc) is 3.28. The van der Waals surface area contributed by atoms with Crippen molar-refractivity contribution in [3.63, 3.8) is 0 Å². The van der Waals surface area contributed by atoms with E-state index in [4.69, 9.17) is 15.6 Å². The number of benzene rings is 1. The lowest BCUT2D eigenvalue weighted by Crippen LogP contribution is -2.25. The van der Waals surface area contributed by atoms with Gasteiger partial charge in [-0.1, -0.05) is 6.07 Å². The zero-order valence-corrected chi connectivity index (χ0v) is 18.2. The Kier molecular flexibility index (Phi) is 6.63. The summed E-state index contributed by atoms with van der Waals surface area (Å²) in [4.78, 5) is 41.5. The molecule has 3 aromatic rings. The van der Waals surface area contributed by atoms with Crippen LogP contribution in [0.25, 0.3) is 10.2 Å². The summed E-state index contributed by atoms with van der Waals surface area (Å²) < 4.78 is 5.22. The molecule has 11 heteroatoms. The topological polar surface area (TPSA) is 147 Å². The van der Waals surface area contributed by atoms with Crippen molar-refractivity contribution >= 4 is 51.5 Å². The molecule has 0 saturated heterocycles. The van der Waals surface area contributed by atoms with Crippen LogP contribution in [0, 0.1) is 0 Å². The van der Waals surface area contributed by atoms with Crippen LogP contribution in [0.15, 0.2) is 23.0 Å². The monoisotopic (exact) mass is 464 g/mol. The number of ether oxygens (including phenoxy) is 1. The number of carboxylic acids is 1. The number of hydrogen-bond acceptors (Lipinski definition) is 7. The van der Waals surface area contributed by atoms with Crippen LogP contribution in [-0.2, 0) is 17.6 Å². The number of anilines is 1. The number of rotatable bonds is 2. The SMILES string of the molecule is CC(N)c1ccc2c(c1)NC(=O)CO2.Cl.O=C(O)c1nc2sc3c(c2c(=O)[nH]1)CCC3. The first-order chi connectivity index (χ1) is 14.3. The minimum absolute atomic E-state index is 0. The molecular weight excluding hydrogens is 444 g/mol. The summed E-state index contributed by atoms with van der Waals surface area (Å²) in [5, 5.41) is 12.1. The molecule has 2 aromatic heterocycles. The summed E-state index contributed by atoms with van der Waals surface area (Å²) in [5.41, 5.74) is 8.14. The molecule has 1 atom stereocenters. The van der Waals surface area contributed by atoms with Gasteiger partial charge >= 0.3 is 5.97 Å². The number of aryl methyl sites for hydroxylation is 2. The fraction of sp³-hybridized carbons (Fsp3) is 0.300. The highest BCUT2D eigenvalue weighted by Crippen LogP contribution is 2.34. The maximum absolute atomic E-state index is 11.8. The summed E-state index contributed by atoms with van der Waals surface area (Å²) in [6.07, 6.45) is 2.93.